The minimum atomic E-state index is -0.487. The molecule has 0 radical (unpaired) electrons. The van der Waals surface area contributed by atoms with Gasteiger partial charge >= 0.3 is 5.97 Å². The number of hydrogen-bond donors (Lipinski definition) is 1. The first kappa shape index (κ1) is 15.3. The zero-order chi connectivity index (χ0) is 14.1. The van der Waals surface area contributed by atoms with Gasteiger partial charge in [0.15, 0.2) is 0 Å². The molecule has 1 aromatic carbocycles. The van der Waals surface area contributed by atoms with Crippen LogP contribution in [0.1, 0.15) is 10.4 Å². The summed E-state index contributed by atoms with van der Waals surface area (Å²) in [6.45, 7) is 1.82. The first-order valence-corrected chi connectivity index (χ1v) is 5.87. The van der Waals surface area contributed by atoms with Gasteiger partial charge in [0, 0.05) is 7.11 Å². The Morgan fingerprint density at radius 3 is 2.58 bits per heavy atom. The molecular weight excluding hydrogens is 250 g/mol. The highest BCUT2D eigenvalue weighted by molar-refractivity contribution is 5.96. The standard InChI is InChI=1S/C13H19NO5/c1-16-6-7-18-8-9-19-11-5-3-4-10(12(11)14)13(15)17-2/h3-5H,6-9,14H2,1-2H3. The van der Waals surface area contributed by atoms with E-state index in [-0.39, 0.29) is 5.69 Å². The quantitative estimate of drug-likeness (QED) is 0.432. The van der Waals surface area contributed by atoms with E-state index < -0.39 is 5.97 Å². The Hall–Kier alpha value is -1.79. The van der Waals surface area contributed by atoms with Crippen molar-refractivity contribution < 1.29 is 23.7 Å². The lowest BCUT2D eigenvalue weighted by Crippen LogP contribution is -2.12. The van der Waals surface area contributed by atoms with Gasteiger partial charge in [-0.05, 0) is 12.1 Å². The van der Waals surface area contributed by atoms with Crippen molar-refractivity contribution in [1.82, 2.24) is 0 Å². The third kappa shape index (κ3) is 4.76. The number of nitrogen functional groups attached to an aromatic ring is 1. The van der Waals surface area contributed by atoms with Crippen LogP contribution in [0.2, 0.25) is 0 Å². The first-order valence-electron chi connectivity index (χ1n) is 5.87. The number of anilines is 1. The van der Waals surface area contributed by atoms with E-state index in [0.717, 1.165) is 0 Å². The van der Waals surface area contributed by atoms with E-state index in [9.17, 15) is 4.79 Å². The molecule has 0 bridgehead atoms. The number of carbonyl (C=O) groups is 1. The third-order valence-corrected chi connectivity index (χ3v) is 2.39. The smallest absolute Gasteiger partial charge is 0.340 e. The second kappa shape index (κ2) is 8.34. The molecule has 2 N–H and O–H groups in total. The normalized spacial score (nSPS) is 10.2. The van der Waals surface area contributed by atoms with Gasteiger partial charge in [-0.2, -0.15) is 0 Å². The second-order valence-electron chi connectivity index (χ2n) is 3.66. The van der Waals surface area contributed by atoms with Crippen molar-refractivity contribution >= 4 is 11.7 Å². The van der Waals surface area contributed by atoms with Crippen LogP contribution in [0.5, 0.6) is 5.75 Å². The number of rotatable bonds is 8. The molecule has 0 aliphatic carbocycles. The third-order valence-electron chi connectivity index (χ3n) is 2.39. The highest BCUT2D eigenvalue weighted by atomic mass is 16.5. The Morgan fingerprint density at radius 2 is 1.89 bits per heavy atom. The summed E-state index contributed by atoms with van der Waals surface area (Å²) in [4.78, 5) is 11.4. The summed E-state index contributed by atoms with van der Waals surface area (Å²) in [5.41, 5.74) is 6.40. The molecule has 0 saturated heterocycles. The topological polar surface area (TPSA) is 80.0 Å². The maximum Gasteiger partial charge on any atom is 0.340 e. The Labute approximate surface area is 112 Å². The van der Waals surface area contributed by atoms with Crippen LogP contribution in [-0.2, 0) is 14.2 Å². The Kier molecular flexibility index (Phi) is 6.70. The molecule has 0 aliphatic heterocycles. The summed E-state index contributed by atoms with van der Waals surface area (Å²) in [6.07, 6.45) is 0. The number of methoxy groups -OCH3 is 2. The van der Waals surface area contributed by atoms with E-state index >= 15 is 0 Å². The maximum absolute atomic E-state index is 11.4. The summed E-state index contributed by atoms with van der Waals surface area (Å²) in [6, 6.07) is 4.96. The lowest BCUT2D eigenvalue weighted by Gasteiger charge is -2.11. The molecule has 0 aliphatic rings. The molecule has 6 nitrogen and oxygen atoms in total. The van der Waals surface area contributed by atoms with Gasteiger partial charge in [0.1, 0.15) is 12.4 Å². The number of benzene rings is 1. The van der Waals surface area contributed by atoms with Gasteiger partial charge in [0.25, 0.3) is 0 Å². The lowest BCUT2D eigenvalue weighted by atomic mass is 10.1. The molecule has 1 aromatic rings. The average molecular weight is 269 g/mol. The molecular formula is C13H19NO5. The van der Waals surface area contributed by atoms with Gasteiger partial charge in [0.05, 0.1) is 38.2 Å². The zero-order valence-electron chi connectivity index (χ0n) is 11.2. The van der Waals surface area contributed by atoms with Crippen LogP contribution < -0.4 is 10.5 Å². The van der Waals surface area contributed by atoms with Crippen LogP contribution >= 0.6 is 0 Å². The highest BCUT2D eigenvalue weighted by Crippen LogP contribution is 2.25. The van der Waals surface area contributed by atoms with Crippen LogP contribution in [0.15, 0.2) is 18.2 Å². The van der Waals surface area contributed by atoms with E-state index in [1.54, 1.807) is 25.3 Å². The molecule has 0 aromatic heterocycles. The number of hydrogen-bond acceptors (Lipinski definition) is 6. The van der Waals surface area contributed by atoms with Crippen molar-refractivity contribution in [2.24, 2.45) is 0 Å². The van der Waals surface area contributed by atoms with Crippen LogP contribution in [0.4, 0.5) is 5.69 Å². The van der Waals surface area contributed by atoms with E-state index in [1.807, 2.05) is 0 Å². The zero-order valence-corrected chi connectivity index (χ0v) is 11.2. The maximum atomic E-state index is 11.4. The minimum Gasteiger partial charge on any atom is -0.489 e. The lowest BCUT2D eigenvalue weighted by molar-refractivity contribution is 0.0544. The molecule has 106 valence electrons. The van der Waals surface area contributed by atoms with Gasteiger partial charge in [0.2, 0.25) is 0 Å². The van der Waals surface area contributed by atoms with Crippen molar-refractivity contribution in [3.63, 3.8) is 0 Å². The van der Waals surface area contributed by atoms with Crippen molar-refractivity contribution in [2.75, 3.05) is 46.4 Å². The monoisotopic (exact) mass is 269 g/mol. The summed E-state index contributed by atoms with van der Waals surface area (Å²) in [5.74, 6) is -0.0439. The highest BCUT2D eigenvalue weighted by Gasteiger charge is 2.13. The first-order chi connectivity index (χ1) is 9.20. The molecule has 1 rings (SSSR count). The largest absolute Gasteiger partial charge is 0.489 e. The number of ether oxygens (including phenoxy) is 4. The molecule has 0 heterocycles. The van der Waals surface area contributed by atoms with E-state index in [0.29, 0.717) is 37.7 Å². The van der Waals surface area contributed by atoms with Crippen LogP contribution in [0.3, 0.4) is 0 Å². The molecule has 0 unspecified atom stereocenters. The van der Waals surface area contributed by atoms with Crippen LogP contribution in [-0.4, -0.2) is 46.6 Å². The molecule has 0 fully saturated rings. The predicted octanol–water partition coefficient (Wildman–Crippen LogP) is 1.10. The number of nitrogens with two attached hydrogens (primary N) is 1. The van der Waals surface area contributed by atoms with Gasteiger partial charge in [-0.1, -0.05) is 6.07 Å². The predicted molar refractivity (Wildman–Crippen MR) is 70.4 cm³/mol. The Morgan fingerprint density at radius 1 is 1.16 bits per heavy atom. The molecule has 19 heavy (non-hydrogen) atoms. The molecule has 0 atom stereocenters. The van der Waals surface area contributed by atoms with Gasteiger partial charge in [-0.3, -0.25) is 0 Å². The fraction of sp³-hybridized carbons (Fsp3) is 0.462. The molecule has 0 amide bonds. The van der Waals surface area contributed by atoms with Gasteiger partial charge in [-0.15, -0.1) is 0 Å². The SMILES string of the molecule is COCCOCCOc1cccc(C(=O)OC)c1N. The molecule has 6 heteroatoms. The number of carbonyl (C=O) groups excluding carboxylic acids is 1. The summed E-state index contributed by atoms with van der Waals surface area (Å²) in [5, 5.41) is 0. The van der Waals surface area contributed by atoms with Crippen molar-refractivity contribution in [3.8, 4) is 5.75 Å². The van der Waals surface area contributed by atoms with Crippen LogP contribution in [0.25, 0.3) is 0 Å². The van der Waals surface area contributed by atoms with Crippen molar-refractivity contribution in [1.29, 1.82) is 0 Å². The summed E-state index contributed by atoms with van der Waals surface area (Å²) in [7, 11) is 2.91. The number of para-hydroxylation sites is 1. The van der Waals surface area contributed by atoms with Crippen LogP contribution in [0, 0.1) is 0 Å². The van der Waals surface area contributed by atoms with E-state index in [4.69, 9.17) is 19.9 Å². The van der Waals surface area contributed by atoms with Gasteiger partial charge < -0.3 is 24.7 Å². The second-order valence-corrected chi connectivity index (χ2v) is 3.66. The minimum absolute atomic E-state index is 0.270. The summed E-state index contributed by atoms with van der Waals surface area (Å²) < 4.78 is 20.2. The molecule has 0 spiro atoms. The fourth-order valence-corrected chi connectivity index (χ4v) is 1.41. The number of esters is 1. The van der Waals surface area contributed by atoms with E-state index in [1.165, 1.54) is 7.11 Å². The Balaban J connectivity index is 2.48. The molecule has 0 saturated carbocycles. The van der Waals surface area contributed by atoms with Gasteiger partial charge in [-0.25, -0.2) is 4.79 Å². The Bertz CT molecular complexity index is 408. The fourth-order valence-electron chi connectivity index (χ4n) is 1.41. The van der Waals surface area contributed by atoms with Crippen molar-refractivity contribution in [3.05, 3.63) is 23.8 Å². The van der Waals surface area contributed by atoms with Crippen molar-refractivity contribution in [2.45, 2.75) is 0 Å². The summed E-state index contributed by atoms with van der Waals surface area (Å²) >= 11 is 0. The average Bonchev–Trinajstić information content (AvgIpc) is 2.43. The van der Waals surface area contributed by atoms with E-state index in [2.05, 4.69) is 4.74 Å².